The lowest BCUT2D eigenvalue weighted by Gasteiger charge is -2.13. The molecule has 0 aliphatic rings. The molecule has 1 heterocycles. The van der Waals surface area contributed by atoms with Crippen LogP contribution < -0.4 is 4.74 Å². The minimum Gasteiger partial charge on any atom is -0.493 e. The Morgan fingerprint density at radius 3 is 2.59 bits per heavy atom. The van der Waals surface area contributed by atoms with Crippen LogP contribution in [-0.2, 0) is 24.2 Å². The van der Waals surface area contributed by atoms with Crippen LogP contribution in [0.25, 0.3) is 10.8 Å². The summed E-state index contributed by atoms with van der Waals surface area (Å²) in [6, 6.07) is 22.2. The predicted octanol–water partition coefficient (Wildman–Crippen LogP) is 4.33. The highest BCUT2D eigenvalue weighted by Gasteiger charge is 2.10. The quantitative estimate of drug-likeness (QED) is 0.489. The van der Waals surface area contributed by atoms with Gasteiger partial charge in [-0.25, -0.2) is 0 Å². The van der Waals surface area contributed by atoms with Gasteiger partial charge in [-0.05, 0) is 34.0 Å². The summed E-state index contributed by atoms with van der Waals surface area (Å²) in [4.78, 5) is 11.2. The van der Waals surface area contributed by atoms with Gasteiger partial charge in [0.25, 0.3) is 0 Å². The van der Waals surface area contributed by atoms with E-state index in [-0.39, 0.29) is 6.42 Å². The third-order valence-corrected chi connectivity index (χ3v) is 4.84. The van der Waals surface area contributed by atoms with E-state index in [9.17, 15) is 9.90 Å². The van der Waals surface area contributed by atoms with Crippen molar-refractivity contribution < 1.29 is 14.6 Å². The molecule has 0 saturated carbocycles. The molecule has 0 aliphatic carbocycles. The number of hydrogen-bond donors (Lipinski definition) is 1. The molecule has 0 atom stereocenters. The number of benzene rings is 3. The molecular formula is C24H22N2O3. The number of rotatable bonds is 8. The van der Waals surface area contributed by atoms with Crippen molar-refractivity contribution in [2.45, 2.75) is 19.4 Å². The number of fused-ring (bicyclic) bond motifs is 1. The van der Waals surface area contributed by atoms with Gasteiger partial charge in [-0.3, -0.25) is 9.48 Å². The number of ether oxygens (including phenoxy) is 1. The highest BCUT2D eigenvalue weighted by Crippen LogP contribution is 2.23. The average Bonchev–Trinajstić information content (AvgIpc) is 3.22. The summed E-state index contributed by atoms with van der Waals surface area (Å²) in [5.74, 6) is -0.248. The number of aliphatic carboxylic acids is 1. The lowest BCUT2D eigenvalue weighted by atomic mass is 10.1. The third kappa shape index (κ3) is 4.82. The molecule has 0 spiro atoms. The minimum atomic E-state index is -0.871. The Morgan fingerprint density at radius 1 is 0.966 bits per heavy atom. The molecule has 5 nitrogen and oxygen atoms in total. The highest BCUT2D eigenvalue weighted by atomic mass is 16.5. The molecule has 0 unspecified atom stereocenters. The van der Waals surface area contributed by atoms with Crippen molar-refractivity contribution in [1.82, 2.24) is 9.78 Å². The van der Waals surface area contributed by atoms with E-state index >= 15 is 0 Å². The maximum atomic E-state index is 11.2. The Balaban J connectivity index is 1.48. The molecule has 1 N–H and O–H groups in total. The maximum absolute atomic E-state index is 11.2. The molecule has 4 aromatic rings. The van der Waals surface area contributed by atoms with E-state index in [1.165, 1.54) is 16.3 Å². The van der Waals surface area contributed by atoms with Crippen LogP contribution in [0.5, 0.6) is 5.75 Å². The lowest BCUT2D eigenvalue weighted by molar-refractivity contribution is -0.136. The molecular weight excluding hydrogens is 364 g/mol. The molecule has 3 aromatic carbocycles. The highest BCUT2D eigenvalue weighted by molar-refractivity contribution is 5.83. The van der Waals surface area contributed by atoms with E-state index < -0.39 is 5.97 Å². The van der Waals surface area contributed by atoms with E-state index in [1.807, 2.05) is 47.3 Å². The Hall–Kier alpha value is -3.60. The van der Waals surface area contributed by atoms with Gasteiger partial charge in [0.2, 0.25) is 0 Å². The van der Waals surface area contributed by atoms with Crippen LogP contribution in [0.2, 0.25) is 0 Å². The van der Waals surface area contributed by atoms with Gasteiger partial charge >= 0.3 is 5.97 Å². The largest absolute Gasteiger partial charge is 0.493 e. The van der Waals surface area contributed by atoms with Crippen molar-refractivity contribution >= 4 is 16.7 Å². The maximum Gasteiger partial charge on any atom is 0.307 e. The Morgan fingerprint density at radius 2 is 1.79 bits per heavy atom. The first-order valence-electron chi connectivity index (χ1n) is 9.59. The smallest absolute Gasteiger partial charge is 0.307 e. The van der Waals surface area contributed by atoms with E-state index in [0.717, 1.165) is 12.0 Å². The van der Waals surface area contributed by atoms with Crippen LogP contribution in [0.3, 0.4) is 0 Å². The van der Waals surface area contributed by atoms with E-state index in [0.29, 0.717) is 24.5 Å². The first-order valence-corrected chi connectivity index (χ1v) is 9.59. The van der Waals surface area contributed by atoms with Crippen molar-refractivity contribution in [3.05, 3.63) is 95.8 Å². The zero-order valence-corrected chi connectivity index (χ0v) is 16.0. The van der Waals surface area contributed by atoms with E-state index in [2.05, 4.69) is 35.4 Å². The van der Waals surface area contributed by atoms with Crippen LogP contribution in [0.15, 0.2) is 79.1 Å². The van der Waals surface area contributed by atoms with Crippen molar-refractivity contribution in [1.29, 1.82) is 0 Å². The number of nitrogens with zero attached hydrogens (tertiary/aromatic N) is 2. The molecule has 0 fully saturated rings. The van der Waals surface area contributed by atoms with Crippen LogP contribution in [0.4, 0.5) is 0 Å². The summed E-state index contributed by atoms with van der Waals surface area (Å²) in [6.07, 6.45) is 4.32. The standard InChI is InChI=1S/C24H22N2O3/c27-24(28)16-22-9-7-19(17-26-12-3-11-25-26)15-23(22)29-13-10-18-6-8-20-4-1-2-5-21(20)14-18/h1-9,11-12,14-15H,10,13,16-17H2,(H,27,28). The fourth-order valence-corrected chi connectivity index (χ4v) is 3.39. The first-order chi connectivity index (χ1) is 14.2. The molecule has 0 aliphatic heterocycles. The van der Waals surface area contributed by atoms with Crippen molar-refractivity contribution in [2.24, 2.45) is 0 Å². The van der Waals surface area contributed by atoms with E-state index in [4.69, 9.17) is 4.74 Å². The van der Waals surface area contributed by atoms with Gasteiger partial charge in [0.05, 0.1) is 19.6 Å². The third-order valence-electron chi connectivity index (χ3n) is 4.84. The molecule has 29 heavy (non-hydrogen) atoms. The monoisotopic (exact) mass is 386 g/mol. The van der Waals surface area contributed by atoms with Gasteiger partial charge in [0, 0.05) is 24.4 Å². The molecule has 0 amide bonds. The summed E-state index contributed by atoms with van der Waals surface area (Å²) in [7, 11) is 0. The number of hydrogen-bond acceptors (Lipinski definition) is 3. The number of carbonyl (C=O) groups is 1. The van der Waals surface area contributed by atoms with Gasteiger partial charge in [0.1, 0.15) is 5.75 Å². The van der Waals surface area contributed by atoms with Crippen LogP contribution in [0.1, 0.15) is 16.7 Å². The summed E-state index contributed by atoms with van der Waals surface area (Å²) in [5.41, 5.74) is 2.89. The van der Waals surface area contributed by atoms with Crippen molar-refractivity contribution in [2.75, 3.05) is 6.61 Å². The molecule has 0 radical (unpaired) electrons. The van der Waals surface area contributed by atoms with Crippen molar-refractivity contribution in [3.8, 4) is 5.75 Å². The average molecular weight is 386 g/mol. The fraction of sp³-hybridized carbons (Fsp3) is 0.167. The van der Waals surface area contributed by atoms with Gasteiger partial charge in [-0.2, -0.15) is 5.10 Å². The number of aromatic nitrogens is 2. The zero-order chi connectivity index (χ0) is 20.1. The molecule has 4 rings (SSSR count). The topological polar surface area (TPSA) is 64.3 Å². The molecule has 146 valence electrons. The normalized spacial score (nSPS) is 10.9. The van der Waals surface area contributed by atoms with Gasteiger partial charge < -0.3 is 9.84 Å². The molecule has 1 aromatic heterocycles. The summed E-state index contributed by atoms with van der Waals surface area (Å²) in [5, 5.41) is 15.8. The summed E-state index contributed by atoms with van der Waals surface area (Å²) in [6.45, 7) is 1.09. The van der Waals surface area contributed by atoms with Gasteiger partial charge in [-0.1, -0.05) is 54.6 Å². The van der Waals surface area contributed by atoms with Crippen LogP contribution in [-0.4, -0.2) is 27.5 Å². The van der Waals surface area contributed by atoms with Gasteiger partial charge in [0.15, 0.2) is 0 Å². The Kier molecular flexibility index (Phi) is 5.56. The number of carboxylic acid groups (broad SMARTS) is 1. The summed E-state index contributed by atoms with van der Waals surface area (Å²) < 4.78 is 7.85. The lowest BCUT2D eigenvalue weighted by Crippen LogP contribution is -2.08. The second-order valence-corrected chi connectivity index (χ2v) is 7.00. The fourth-order valence-electron chi connectivity index (χ4n) is 3.39. The zero-order valence-electron chi connectivity index (χ0n) is 16.0. The van der Waals surface area contributed by atoms with Gasteiger partial charge in [-0.15, -0.1) is 0 Å². The van der Waals surface area contributed by atoms with Crippen molar-refractivity contribution in [3.63, 3.8) is 0 Å². The first kappa shape index (κ1) is 18.7. The predicted molar refractivity (Wildman–Crippen MR) is 112 cm³/mol. The second-order valence-electron chi connectivity index (χ2n) is 7.00. The summed E-state index contributed by atoms with van der Waals surface area (Å²) >= 11 is 0. The van der Waals surface area contributed by atoms with Crippen LogP contribution >= 0.6 is 0 Å². The number of carboxylic acids is 1. The Bertz CT molecular complexity index is 1120. The van der Waals surface area contributed by atoms with Crippen LogP contribution in [0, 0.1) is 0 Å². The minimum absolute atomic E-state index is 0.0621. The van der Waals surface area contributed by atoms with E-state index in [1.54, 1.807) is 6.20 Å². The molecule has 0 saturated heterocycles. The SMILES string of the molecule is O=C(O)Cc1ccc(Cn2cccn2)cc1OCCc1ccc2ccccc2c1. The molecule has 0 bridgehead atoms. The second kappa shape index (κ2) is 8.61. The Labute approximate surface area is 169 Å². The molecule has 5 heteroatoms.